The highest BCUT2D eigenvalue weighted by Crippen LogP contribution is 2.53. The van der Waals surface area contributed by atoms with Gasteiger partial charge < -0.3 is 4.90 Å². The Hall–Kier alpha value is -0.870. The molecular weight excluding hydrogens is 328 g/mol. The van der Waals surface area contributed by atoms with Crippen molar-refractivity contribution in [3.8, 4) is 0 Å². The van der Waals surface area contributed by atoms with Crippen LogP contribution in [0.3, 0.4) is 0 Å². The SMILES string of the molecule is CN(C)C1(c2cccs2)CCC2(CCN(CC3CCCC3)C2=O)CC1. The first-order valence-corrected chi connectivity index (χ1v) is 10.9. The number of rotatable bonds is 4. The van der Waals surface area contributed by atoms with E-state index in [1.807, 2.05) is 11.3 Å². The molecule has 2 aliphatic carbocycles. The van der Waals surface area contributed by atoms with Crippen molar-refractivity contribution in [3.63, 3.8) is 0 Å². The quantitative estimate of drug-likeness (QED) is 0.790. The smallest absolute Gasteiger partial charge is 0.228 e. The Labute approximate surface area is 156 Å². The number of amides is 1. The Bertz CT molecular complexity index is 595. The lowest BCUT2D eigenvalue weighted by Crippen LogP contribution is -2.48. The van der Waals surface area contributed by atoms with Gasteiger partial charge in [-0.25, -0.2) is 0 Å². The molecule has 1 aromatic rings. The predicted octanol–water partition coefficient (Wildman–Crippen LogP) is 4.49. The fourth-order valence-electron chi connectivity index (χ4n) is 5.64. The Morgan fingerprint density at radius 3 is 2.48 bits per heavy atom. The number of hydrogen-bond donors (Lipinski definition) is 0. The van der Waals surface area contributed by atoms with Gasteiger partial charge in [0.15, 0.2) is 0 Å². The molecule has 3 nitrogen and oxygen atoms in total. The molecule has 4 heteroatoms. The average molecular weight is 361 g/mol. The molecule has 2 saturated carbocycles. The van der Waals surface area contributed by atoms with Crippen LogP contribution in [0.5, 0.6) is 0 Å². The van der Waals surface area contributed by atoms with Gasteiger partial charge in [0.2, 0.25) is 5.91 Å². The maximum atomic E-state index is 13.3. The fraction of sp³-hybridized carbons (Fsp3) is 0.762. The number of nitrogens with zero attached hydrogens (tertiary/aromatic N) is 2. The highest BCUT2D eigenvalue weighted by Gasteiger charge is 2.53. The maximum absolute atomic E-state index is 13.3. The summed E-state index contributed by atoms with van der Waals surface area (Å²) in [5.41, 5.74) is 0.0912. The molecule has 4 rings (SSSR count). The van der Waals surface area contributed by atoms with Gasteiger partial charge in [0.05, 0.1) is 11.0 Å². The van der Waals surface area contributed by atoms with E-state index in [0.29, 0.717) is 5.91 Å². The van der Waals surface area contributed by atoms with E-state index in [2.05, 4.69) is 41.4 Å². The second-order valence-corrected chi connectivity index (χ2v) is 9.78. The zero-order chi connectivity index (χ0) is 17.5. The standard InChI is InChI=1S/C21H32N2OS/c1-22(2)21(18-8-5-15-25-18)11-9-20(10-12-21)13-14-23(19(20)24)16-17-6-3-4-7-17/h5,8,15,17H,3-4,6-7,9-14,16H2,1-2H3. The van der Waals surface area contributed by atoms with Crippen LogP contribution in [0, 0.1) is 11.3 Å². The van der Waals surface area contributed by atoms with Crippen LogP contribution in [0.25, 0.3) is 0 Å². The van der Waals surface area contributed by atoms with Crippen molar-refractivity contribution in [2.24, 2.45) is 11.3 Å². The van der Waals surface area contributed by atoms with Crippen molar-refractivity contribution in [2.75, 3.05) is 27.2 Å². The summed E-state index contributed by atoms with van der Waals surface area (Å²) in [6, 6.07) is 4.45. The van der Waals surface area contributed by atoms with Crippen molar-refractivity contribution in [1.82, 2.24) is 9.80 Å². The van der Waals surface area contributed by atoms with Crippen LogP contribution >= 0.6 is 11.3 Å². The van der Waals surface area contributed by atoms with Crippen LogP contribution in [0.15, 0.2) is 17.5 Å². The van der Waals surface area contributed by atoms with E-state index < -0.39 is 0 Å². The van der Waals surface area contributed by atoms with Crippen molar-refractivity contribution >= 4 is 17.2 Å². The molecule has 1 amide bonds. The predicted molar refractivity (Wildman–Crippen MR) is 104 cm³/mol. The lowest BCUT2D eigenvalue weighted by Gasteiger charge is -2.47. The van der Waals surface area contributed by atoms with Gasteiger partial charge in [0.25, 0.3) is 0 Å². The molecule has 0 aromatic carbocycles. The first-order chi connectivity index (χ1) is 12.1. The molecule has 0 bridgehead atoms. The molecule has 3 aliphatic rings. The molecule has 0 N–H and O–H groups in total. The number of thiophene rings is 1. The summed E-state index contributed by atoms with van der Waals surface area (Å²) in [6.07, 6.45) is 10.8. The summed E-state index contributed by atoms with van der Waals surface area (Å²) in [5.74, 6) is 1.26. The normalized spacial score (nSPS) is 33.9. The second-order valence-electron chi connectivity index (χ2n) is 8.84. The lowest BCUT2D eigenvalue weighted by atomic mass is 9.65. The molecule has 2 heterocycles. The summed E-state index contributed by atoms with van der Waals surface area (Å²) in [4.78, 5) is 19.4. The van der Waals surface area contributed by atoms with Gasteiger partial charge in [-0.15, -0.1) is 11.3 Å². The summed E-state index contributed by atoms with van der Waals surface area (Å²) < 4.78 is 0. The summed E-state index contributed by atoms with van der Waals surface area (Å²) in [5, 5.41) is 2.19. The summed E-state index contributed by atoms with van der Waals surface area (Å²) >= 11 is 1.87. The topological polar surface area (TPSA) is 23.6 Å². The Morgan fingerprint density at radius 1 is 1.16 bits per heavy atom. The van der Waals surface area contributed by atoms with E-state index in [9.17, 15) is 4.79 Å². The molecule has 1 aromatic heterocycles. The van der Waals surface area contributed by atoms with Gasteiger partial charge in [0, 0.05) is 18.0 Å². The molecule has 0 unspecified atom stereocenters. The summed E-state index contributed by atoms with van der Waals surface area (Å²) in [6.45, 7) is 2.04. The third-order valence-corrected chi connectivity index (χ3v) is 8.49. The molecule has 1 aliphatic heterocycles. The number of likely N-dealkylation sites (tertiary alicyclic amines) is 1. The van der Waals surface area contributed by atoms with Crippen molar-refractivity contribution < 1.29 is 4.79 Å². The van der Waals surface area contributed by atoms with Crippen LogP contribution in [0.4, 0.5) is 0 Å². The largest absolute Gasteiger partial charge is 0.342 e. The summed E-state index contributed by atoms with van der Waals surface area (Å²) in [7, 11) is 4.42. The molecule has 3 fully saturated rings. The van der Waals surface area contributed by atoms with Gasteiger partial charge in [-0.05, 0) is 76.4 Å². The van der Waals surface area contributed by atoms with Crippen LogP contribution in [0.1, 0.15) is 62.7 Å². The zero-order valence-corrected chi connectivity index (χ0v) is 16.6. The molecule has 1 spiro atoms. The van der Waals surface area contributed by atoms with E-state index in [-0.39, 0.29) is 11.0 Å². The van der Waals surface area contributed by atoms with Gasteiger partial charge >= 0.3 is 0 Å². The molecule has 0 radical (unpaired) electrons. The first-order valence-electron chi connectivity index (χ1n) is 10.1. The maximum Gasteiger partial charge on any atom is 0.228 e. The van der Waals surface area contributed by atoms with Crippen LogP contribution < -0.4 is 0 Å². The van der Waals surface area contributed by atoms with E-state index in [1.165, 1.54) is 30.6 Å². The zero-order valence-electron chi connectivity index (χ0n) is 15.8. The fourth-order valence-corrected chi connectivity index (χ4v) is 6.70. The number of carbonyl (C=O) groups is 1. The Morgan fingerprint density at radius 2 is 1.88 bits per heavy atom. The van der Waals surface area contributed by atoms with Crippen molar-refractivity contribution in [2.45, 2.75) is 63.3 Å². The van der Waals surface area contributed by atoms with Crippen LogP contribution in [0.2, 0.25) is 0 Å². The van der Waals surface area contributed by atoms with Crippen LogP contribution in [-0.2, 0) is 10.3 Å². The van der Waals surface area contributed by atoms with Gasteiger partial charge in [-0.1, -0.05) is 18.9 Å². The lowest BCUT2D eigenvalue weighted by molar-refractivity contribution is -0.139. The van der Waals surface area contributed by atoms with Gasteiger partial charge in [-0.2, -0.15) is 0 Å². The van der Waals surface area contributed by atoms with E-state index >= 15 is 0 Å². The minimum atomic E-state index is -0.0463. The van der Waals surface area contributed by atoms with Crippen molar-refractivity contribution in [1.29, 1.82) is 0 Å². The molecule has 0 atom stereocenters. The average Bonchev–Trinajstić information content (AvgIpc) is 3.35. The molecule has 138 valence electrons. The monoisotopic (exact) mass is 360 g/mol. The first kappa shape index (κ1) is 17.5. The second kappa shape index (κ2) is 6.70. The Balaban J connectivity index is 1.46. The third-order valence-electron chi connectivity index (χ3n) is 7.42. The molecule has 25 heavy (non-hydrogen) atoms. The van der Waals surface area contributed by atoms with Crippen LogP contribution in [-0.4, -0.2) is 42.9 Å². The van der Waals surface area contributed by atoms with Gasteiger partial charge in [0.1, 0.15) is 0 Å². The van der Waals surface area contributed by atoms with E-state index in [1.54, 1.807) is 0 Å². The molecular formula is C21H32N2OS. The van der Waals surface area contributed by atoms with E-state index in [0.717, 1.165) is 51.1 Å². The molecule has 1 saturated heterocycles. The highest BCUT2D eigenvalue weighted by molar-refractivity contribution is 7.10. The third kappa shape index (κ3) is 2.95. The minimum absolute atomic E-state index is 0.0463. The number of hydrogen-bond acceptors (Lipinski definition) is 3. The highest BCUT2D eigenvalue weighted by atomic mass is 32.1. The van der Waals surface area contributed by atoms with Crippen molar-refractivity contribution in [3.05, 3.63) is 22.4 Å². The minimum Gasteiger partial charge on any atom is -0.342 e. The number of carbonyl (C=O) groups excluding carboxylic acids is 1. The van der Waals surface area contributed by atoms with E-state index in [4.69, 9.17) is 0 Å². The Kier molecular flexibility index (Phi) is 4.70. The van der Waals surface area contributed by atoms with Gasteiger partial charge in [-0.3, -0.25) is 9.69 Å².